The van der Waals surface area contributed by atoms with Gasteiger partial charge in [-0.25, -0.2) is 0 Å². The number of β-amino-alcohol motifs (C(OH)–C–C–N with tert-alkyl or cyclic N) is 1. The van der Waals surface area contributed by atoms with Crippen LogP contribution in [0, 0.1) is 0 Å². The van der Waals surface area contributed by atoms with Gasteiger partial charge in [0.25, 0.3) is 11.8 Å². The largest absolute Gasteiger partial charge is 0.389 e. The number of aliphatic hydroxyl groups excluding tert-OH is 1. The Labute approximate surface area is 125 Å². The van der Waals surface area contributed by atoms with Crippen molar-refractivity contribution >= 4 is 28.8 Å². The number of hydrogen-bond donors (Lipinski definition) is 2. The van der Waals surface area contributed by atoms with Gasteiger partial charge in [0.2, 0.25) is 0 Å². The second-order valence-corrected chi connectivity index (χ2v) is 5.82. The predicted octanol–water partition coefficient (Wildman–Crippen LogP) is 1.82. The second-order valence-electron chi connectivity index (χ2n) is 4.88. The van der Waals surface area contributed by atoms with Crippen LogP contribution in [0.2, 0.25) is 0 Å². The van der Waals surface area contributed by atoms with E-state index in [9.17, 15) is 14.7 Å². The number of aliphatic hydroxyl groups is 1. The van der Waals surface area contributed by atoms with E-state index in [0.29, 0.717) is 29.2 Å². The topological polar surface area (TPSA) is 69.6 Å². The first kappa shape index (κ1) is 13.8. The molecule has 3 rings (SSSR count). The molecule has 108 valence electrons. The van der Waals surface area contributed by atoms with E-state index in [0.717, 1.165) is 0 Å². The van der Waals surface area contributed by atoms with Crippen LogP contribution < -0.4 is 5.32 Å². The molecule has 0 bridgehead atoms. The van der Waals surface area contributed by atoms with Crippen molar-refractivity contribution in [1.29, 1.82) is 0 Å². The zero-order chi connectivity index (χ0) is 14.8. The van der Waals surface area contributed by atoms with Gasteiger partial charge in [-0.15, -0.1) is 11.3 Å². The van der Waals surface area contributed by atoms with Gasteiger partial charge in [-0.2, -0.15) is 0 Å². The van der Waals surface area contributed by atoms with Gasteiger partial charge in [0.05, 0.1) is 11.0 Å². The molecule has 0 spiro atoms. The fourth-order valence-corrected chi connectivity index (χ4v) is 2.75. The zero-order valence-corrected chi connectivity index (χ0v) is 12.0. The average molecular weight is 302 g/mol. The highest BCUT2D eigenvalue weighted by Gasteiger charge is 2.29. The minimum Gasteiger partial charge on any atom is -0.389 e. The van der Waals surface area contributed by atoms with E-state index in [1.54, 1.807) is 35.2 Å². The molecule has 2 aromatic rings. The molecule has 0 unspecified atom stereocenters. The molecule has 0 radical (unpaired) electrons. The Morgan fingerprint density at radius 1 is 1.24 bits per heavy atom. The van der Waals surface area contributed by atoms with Crippen molar-refractivity contribution in [3.05, 3.63) is 52.2 Å². The molecular formula is C15H14N2O3S. The van der Waals surface area contributed by atoms with Gasteiger partial charge < -0.3 is 15.3 Å². The Morgan fingerprint density at radius 3 is 2.71 bits per heavy atom. The Bertz CT molecular complexity index is 663. The van der Waals surface area contributed by atoms with Crippen LogP contribution in [0.5, 0.6) is 0 Å². The van der Waals surface area contributed by atoms with Crippen LogP contribution in [0.4, 0.5) is 5.69 Å². The smallest absolute Gasteiger partial charge is 0.265 e. The van der Waals surface area contributed by atoms with Crippen molar-refractivity contribution in [2.75, 3.05) is 18.4 Å². The van der Waals surface area contributed by atoms with Crippen LogP contribution >= 0.6 is 11.3 Å². The van der Waals surface area contributed by atoms with Gasteiger partial charge >= 0.3 is 0 Å². The summed E-state index contributed by atoms with van der Waals surface area (Å²) < 4.78 is 0. The number of amides is 2. The van der Waals surface area contributed by atoms with E-state index in [1.807, 2.05) is 11.4 Å². The fourth-order valence-electron chi connectivity index (χ4n) is 2.13. The van der Waals surface area contributed by atoms with Crippen molar-refractivity contribution in [1.82, 2.24) is 4.90 Å². The second kappa shape index (κ2) is 5.67. The van der Waals surface area contributed by atoms with E-state index < -0.39 is 6.10 Å². The Kier molecular flexibility index (Phi) is 3.72. The molecule has 5 nitrogen and oxygen atoms in total. The Hall–Kier alpha value is -2.18. The molecule has 1 saturated heterocycles. The predicted molar refractivity (Wildman–Crippen MR) is 80.6 cm³/mol. The standard InChI is InChI=1S/C15H14N2O3S/c18-12-8-17(9-12)15(20)10-3-1-4-11(7-10)16-14(19)13-5-2-6-21-13/h1-7,12,18H,8-9H2,(H,16,19). The minimum absolute atomic E-state index is 0.132. The average Bonchev–Trinajstić information content (AvgIpc) is 2.98. The summed E-state index contributed by atoms with van der Waals surface area (Å²) in [6, 6.07) is 10.4. The summed E-state index contributed by atoms with van der Waals surface area (Å²) in [5, 5.41) is 13.9. The monoisotopic (exact) mass is 302 g/mol. The third-order valence-corrected chi connectivity index (χ3v) is 4.13. The van der Waals surface area contributed by atoms with Crippen LogP contribution in [-0.2, 0) is 0 Å². The number of rotatable bonds is 3. The molecule has 1 aliphatic rings. The van der Waals surface area contributed by atoms with Crippen molar-refractivity contribution in [2.45, 2.75) is 6.10 Å². The summed E-state index contributed by atoms with van der Waals surface area (Å²) in [6.45, 7) is 0.731. The summed E-state index contributed by atoms with van der Waals surface area (Å²) in [5.41, 5.74) is 1.09. The van der Waals surface area contributed by atoms with Gasteiger partial charge in [-0.3, -0.25) is 9.59 Å². The number of carbonyl (C=O) groups excluding carboxylic acids is 2. The van der Waals surface area contributed by atoms with E-state index in [4.69, 9.17) is 0 Å². The van der Waals surface area contributed by atoms with Crippen molar-refractivity contribution < 1.29 is 14.7 Å². The fraction of sp³-hybridized carbons (Fsp3) is 0.200. The number of carbonyl (C=O) groups is 2. The molecule has 2 heterocycles. The zero-order valence-electron chi connectivity index (χ0n) is 11.2. The van der Waals surface area contributed by atoms with Gasteiger partial charge in [0.15, 0.2) is 0 Å². The maximum Gasteiger partial charge on any atom is 0.265 e. The summed E-state index contributed by atoms with van der Waals surface area (Å²) in [5.74, 6) is -0.318. The molecule has 2 N–H and O–H groups in total. The number of nitrogens with one attached hydrogen (secondary N) is 1. The van der Waals surface area contributed by atoms with E-state index in [1.165, 1.54) is 11.3 Å². The van der Waals surface area contributed by atoms with Crippen LogP contribution in [0.3, 0.4) is 0 Å². The molecule has 6 heteroatoms. The van der Waals surface area contributed by atoms with Crippen LogP contribution in [0.15, 0.2) is 41.8 Å². The molecule has 2 amide bonds. The van der Waals surface area contributed by atoms with Gasteiger partial charge in [-0.1, -0.05) is 12.1 Å². The molecule has 1 aliphatic heterocycles. The Morgan fingerprint density at radius 2 is 2.05 bits per heavy atom. The summed E-state index contributed by atoms with van der Waals surface area (Å²) >= 11 is 1.36. The highest BCUT2D eigenvalue weighted by atomic mass is 32.1. The van der Waals surface area contributed by atoms with Crippen molar-refractivity contribution in [3.63, 3.8) is 0 Å². The summed E-state index contributed by atoms with van der Waals surface area (Å²) in [7, 11) is 0. The number of benzene rings is 1. The number of anilines is 1. The third kappa shape index (κ3) is 2.96. The quantitative estimate of drug-likeness (QED) is 0.908. The molecule has 1 aromatic carbocycles. The summed E-state index contributed by atoms with van der Waals surface area (Å²) in [6.07, 6.45) is -0.421. The van der Waals surface area contributed by atoms with E-state index in [-0.39, 0.29) is 11.8 Å². The third-order valence-electron chi connectivity index (χ3n) is 3.26. The first-order valence-corrected chi connectivity index (χ1v) is 7.44. The number of nitrogens with zero attached hydrogens (tertiary/aromatic N) is 1. The molecule has 21 heavy (non-hydrogen) atoms. The molecule has 0 aliphatic carbocycles. The lowest BCUT2D eigenvalue weighted by Gasteiger charge is -2.35. The van der Waals surface area contributed by atoms with Gasteiger partial charge in [0, 0.05) is 24.3 Å². The van der Waals surface area contributed by atoms with Crippen LogP contribution in [-0.4, -0.2) is 41.0 Å². The number of likely N-dealkylation sites (tertiary alicyclic amines) is 1. The first-order chi connectivity index (χ1) is 10.1. The molecule has 0 saturated carbocycles. The highest BCUT2D eigenvalue weighted by Crippen LogP contribution is 2.18. The van der Waals surface area contributed by atoms with E-state index in [2.05, 4.69) is 5.32 Å². The lowest BCUT2D eigenvalue weighted by atomic mass is 10.1. The van der Waals surface area contributed by atoms with Gasteiger partial charge in [0.1, 0.15) is 0 Å². The highest BCUT2D eigenvalue weighted by molar-refractivity contribution is 7.12. The van der Waals surface area contributed by atoms with Crippen LogP contribution in [0.25, 0.3) is 0 Å². The SMILES string of the molecule is O=C(Nc1cccc(C(=O)N2CC(O)C2)c1)c1cccs1. The summed E-state index contributed by atoms with van der Waals surface area (Å²) in [4.78, 5) is 26.3. The molecule has 1 aromatic heterocycles. The lowest BCUT2D eigenvalue weighted by Crippen LogP contribution is -2.53. The maximum absolute atomic E-state index is 12.1. The van der Waals surface area contributed by atoms with Crippen molar-refractivity contribution in [2.24, 2.45) is 0 Å². The lowest BCUT2D eigenvalue weighted by molar-refractivity contribution is 0.00590. The van der Waals surface area contributed by atoms with Gasteiger partial charge in [-0.05, 0) is 29.6 Å². The molecule has 0 atom stereocenters. The normalized spacial score (nSPS) is 14.6. The number of hydrogen-bond acceptors (Lipinski definition) is 4. The van der Waals surface area contributed by atoms with Crippen molar-refractivity contribution in [3.8, 4) is 0 Å². The number of thiophene rings is 1. The minimum atomic E-state index is -0.421. The first-order valence-electron chi connectivity index (χ1n) is 6.56. The van der Waals surface area contributed by atoms with Crippen LogP contribution in [0.1, 0.15) is 20.0 Å². The maximum atomic E-state index is 12.1. The Balaban J connectivity index is 1.71. The van der Waals surface area contributed by atoms with E-state index >= 15 is 0 Å². The molecular weight excluding hydrogens is 288 g/mol. The molecule has 1 fully saturated rings.